The number of anilines is 1. The first-order valence-corrected chi connectivity index (χ1v) is 11.0. The Morgan fingerprint density at radius 1 is 1.28 bits per heavy atom. The van der Waals surface area contributed by atoms with Gasteiger partial charge in [-0.1, -0.05) is 13.0 Å². The Bertz CT molecular complexity index is 859. The van der Waals surface area contributed by atoms with Gasteiger partial charge in [0.1, 0.15) is 6.54 Å². The molecule has 32 heavy (non-hydrogen) atoms. The standard InChI is InChI=1S/C20H28F3N3O.C3H6O2/c1-15-13-17-18(5-3-6-19(17)26(15)14-20(21,22)23)24-16-7-10-25(11-8-16)9-4-12-27-2;1-2-3(4)5/h3,5-6,13,16,24H,4,7-12,14H2,1-2H3;2H2,1H3,(H,4,5). The van der Waals surface area contributed by atoms with E-state index in [1.165, 1.54) is 4.57 Å². The fourth-order valence-corrected chi connectivity index (χ4v) is 3.89. The molecule has 1 aromatic heterocycles. The number of piperidine rings is 1. The van der Waals surface area contributed by atoms with Crippen LogP contribution in [0.25, 0.3) is 10.9 Å². The molecule has 1 fully saturated rings. The lowest BCUT2D eigenvalue weighted by Crippen LogP contribution is -2.39. The Balaban J connectivity index is 0.000000654. The van der Waals surface area contributed by atoms with Crippen molar-refractivity contribution in [2.24, 2.45) is 0 Å². The number of nitrogens with one attached hydrogen (secondary N) is 1. The molecule has 1 saturated heterocycles. The van der Waals surface area contributed by atoms with Gasteiger partial charge in [-0.3, -0.25) is 4.79 Å². The van der Waals surface area contributed by atoms with Crippen LogP contribution in [0.4, 0.5) is 18.9 Å². The number of fused-ring (bicyclic) bond motifs is 1. The molecule has 0 unspecified atom stereocenters. The maximum atomic E-state index is 12.9. The number of benzene rings is 1. The zero-order valence-electron chi connectivity index (χ0n) is 19.0. The fourth-order valence-electron chi connectivity index (χ4n) is 3.89. The molecule has 2 aromatic rings. The molecule has 0 bridgehead atoms. The number of hydrogen-bond acceptors (Lipinski definition) is 4. The van der Waals surface area contributed by atoms with Crippen LogP contribution < -0.4 is 5.32 Å². The van der Waals surface area contributed by atoms with Gasteiger partial charge in [0.25, 0.3) is 0 Å². The average Bonchev–Trinajstić information content (AvgIpc) is 3.05. The molecule has 1 aliphatic heterocycles. The lowest BCUT2D eigenvalue weighted by Gasteiger charge is -2.33. The number of aliphatic carboxylic acids is 1. The van der Waals surface area contributed by atoms with Gasteiger partial charge < -0.3 is 24.6 Å². The van der Waals surface area contributed by atoms with Gasteiger partial charge in [-0.25, -0.2) is 0 Å². The number of nitrogens with zero attached hydrogens (tertiary/aromatic N) is 2. The molecule has 2 heterocycles. The third kappa shape index (κ3) is 8.02. The maximum Gasteiger partial charge on any atom is 0.406 e. The zero-order chi connectivity index (χ0) is 23.7. The van der Waals surface area contributed by atoms with Crippen LogP contribution in [-0.2, 0) is 16.1 Å². The van der Waals surface area contributed by atoms with E-state index in [1.54, 1.807) is 27.0 Å². The van der Waals surface area contributed by atoms with Gasteiger partial charge >= 0.3 is 12.1 Å². The monoisotopic (exact) mass is 457 g/mol. The second-order valence-corrected chi connectivity index (χ2v) is 8.08. The molecule has 0 amide bonds. The zero-order valence-corrected chi connectivity index (χ0v) is 19.0. The molecule has 0 aliphatic carbocycles. The van der Waals surface area contributed by atoms with E-state index in [0.29, 0.717) is 17.3 Å². The van der Waals surface area contributed by atoms with Crippen molar-refractivity contribution in [3.05, 3.63) is 30.0 Å². The number of likely N-dealkylation sites (tertiary alicyclic amines) is 1. The van der Waals surface area contributed by atoms with Gasteiger partial charge in [0.05, 0.1) is 5.52 Å². The number of carbonyl (C=O) groups is 1. The Labute approximate surface area is 187 Å². The molecule has 3 rings (SSSR count). The van der Waals surface area contributed by atoms with Gasteiger partial charge in [0, 0.05) is 62.6 Å². The van der Waals surface area contributed by atoms with Crippen LogP contribution >= 0.6 is 0 Å². The van der Waals surface area contributed by atoms with Crippen molar-refractivity contribution in [3.8, 4) is 0 Å². The summed E-state index contributed by atoms with van der Waals surface area (Å²) in [5.74, 6) is -0.745. The highest BCUT2D eigenvalue weighted by Gasteiger charge is 2.29. The summed E-state index contributed by atoms with van der Waals surface area (Å²) in [5.41, 5.74) is 2.19. The van der Waals surface area contributed by atoms with Crippen LogP contribution in [0.2, 0.25) is 0 Å². The SMILES string of the molecule is CCC(=O)O.COCCCN1CCC(Nc2cccc3c2cc(C)n3CC(F)(F)F)CC1. The summed E-state index contributed by atoms with van der Waals surface area (Å²) < 4.78 is 45.1. The molecule has 2 N–H and O–H groups in total. The third-order valence-electron chi connectivity index (χ3n) is 5.56. The predicted octanol–water partition coefficient (Wildman–Crippen LogP) is 4.91. The first-order chi connectivity index (χ1) is 15.1. The Kier molecular flexibility index (Phi) is 9.84. The van der Waals surface area contributed by atoms with Crippen molar-refractivity contribution < 1.29 is 27.8 Å². The minimum absolute atomic E-state index is 0.222. The van der Waals surface area contributed by atoms with E-state index in [-0.39, 0.29) is 6.42 Å². The van der Waals surface area contributed by atoms with E-state index in [0.717, 1.165) is 56.6 Å². The number of hydrogen-bond donors (Lipinski definition) is 2. The molecular formula is C23H34F3N3O3. The number of ether oxygens (including phenoxy) is 1. The van der Waals surface area contributed by atoms with Crippen LogP contribution in [0.3, 0.4) is 0 Å². The normalized spacial score (nSPS) is 15.4. The summed E-state index contributed by atoms with van der Waals surface area (Å²) in [6.45, 7) is 6.28. The molecule has 9 heteroatoms. The van der Waals surface area contributed by atoms with E-state index in [2.05, 4.69) is 10.2 Å². The first kappa shape index (κ1) is 26.0. The van der Waals surface area contributed by atoms with Crippen molar-refractivity contribution in [3.63, 3.8) is 0 Å². The number of rotatable bonds is 8. The second-order valence-electron chi connectivity index (χ2n) is 8.08. The van der Waals surface area contributed by atoms with Crippen LogP contribution in [-0.4, -0.2) is 66.1 Å². The molecule has 6 nitrogen and oxygen atoms in total. The van der Waals surface area contributed by atoms with Crippen molar-refractivity contribution in [2.45, 2.75) is 58.3 Å². The summed E-state index contributed by atoms with van der Waals surface area (Å²) >= 11 is 0. The van der Waals surface area contributed by atoms with E-state index in [1.807, 2.05) is 18.2 Å². The summed E-state index contributed by atoms with van der Waals surface area (Å²) in [4.78, 5) is 11.8. The quantitative estimate of drug-likeness (QED) is 0.552. The van der Waals surface area contributed by atoms with E-state index in [9.17, 15) is 18.0 Å². The average molecular weight is 458 g/mol. The molecule has 0 atom stereocenters. The highest BCUT2D eigenvalue weighted by atomic mass is 19.4. The highest BCUT2D eigenvalue weighted by Crippen LogP contribution is 2.31. The summed E-state index contributed by atoms with van der Waals surface area (Å²) in [6.07, 6.45) is -0.896. The number of aryl methyl sites for hydroxylation is 1. The molecule has 180 valence electrons. The van der Waals surface area contributed by atoms with Gasteiger partial charge in [0.2, 0.25) is 0 Å². The van der Waals surface area contributed by atoms with Gasteiger partial charge in [-0.05, 0) is 44.4 Å². The highest BCUT2D eigenvalue weighted by molar-refractivity contribution is 5.93. The topological polar surface area (TPSA) is 66.7 Å². The van der Waals surface area contributed by atoms with E-state index >= 15 is 0 Å². The molecule has 1 aromatic carbocycles. The number of alkyl halides is 3. The number of carboxylic acid groups (broad SMARTS) is 1. The summed E-state index contributed by atoms with van der Waals surface area (Å²) in [7, 11) is 1.72. The van der Waals surface area contributed by atoms with Crippen LogP contribution in [0.15, 0.2) is 24.3 Å². The Hall–Kier alpha value is -2.26. The first-order valence-electron chi connectivity index (χ1n) is 11.0. The lowest BCUT2D eigenvalue weighted by molar-refractivity contribution is -0.140. The van der Waals surface area contributed by atoms with Crippen molar-refractivity contribution in [2.75, 3.05) is 38.7 Å². The molecular weight excluding hydrogens is 423 g/mol. The Morgan fingerprint density at radius 3 is 2.50 bits per heavy atom. The van der Waals surface area contributed by atoms with E-state index < -0.39 is 18.7 Å². The predicted molar refractivity (Wildman–Crippen MR) is 120 cm³/mol. The van der Waals surface area contributed by atoms with Crippen LogP contribution in [0, 0.1) is 6.92 Å². The maximum absolute atomic E-state index is 12.9. The Morgan fingerprint density at radius 2 is 1.94 bits per heavy atom. The minimum Gasteiger partial charge on any atom is -0.481 e. The molecule has 0 saturated carbocycles. The lowest BCUT2D eigenvalue weighted by atomic mass is 10.0. The summed E-state index contributed by atoms with van der Waals surface area (Å²) in [6, 6.07) is 7.75. The second kappa shape index (κ2) is 12.1. The van der Waals surface area contributed by atoms with Crippen LogP contribution in [0.5, 0.6) is 0 Å². The molecule has 0 radical (unpaired) electrons. The van der Waals surface area contributed by atoms with Crippen molar-refractivity contribution in [1.82, 2.24) is 9.47 Å². The minimum atomic E-state index is -4.23. The molecule has 0 spiro atoms. The molecule has 1 aliphatic rings. The van der Waals surface area contributed by atoms with Crippen LogP contribution in [0.1, 0.15) is 38.3 Å². The summed E-state index contributed by atoms with van der Waals surface area (Å²) in [5, 5.41) is 12.2. The number of methoxy groups -OCH3 is 1. The largest absolute Gasteiger partial charge is 0.481 e. The third-order valence-corrected chi connectivity index (χ3v) is 5.56. The van der Waals surface area contributed by atoms with Gasteiger partial charge in [0.15, 0.2) is 0 Å². The van der Waals surface area contributed by atoms with Crippen molar-refractivity contribution >= 4 is 22.6 Å². The van der Waals surface area contributed by atoms with E-state index in [4.69, 9.17) is 9.84 Å². The fraction of sp³-hybridized carbons (Fsp3) is 0.609. The smallest absolute Gasteiger partial charge is 0.406 e. The van der Waals surface area contributed by atoms with Gasteiger partial charge in [-0.15, -0.1) is 0 Å². The van der Waals surface area contributed by atoms with Crippen molar-refractivity contribution in [1.29, 1.82) is 0 Å². The van der Waals surface area contributed by atoms with Gasteiger partial charge in [-0.2, -0.15) is 13.2 Å². The number of carboxylic acids is 1. The number of aromatic nitrogens is 1. The number of halogens is 3.